The molecule has 3 aromatic rings. The first-order valence-corrected chi connectivity index (χ1v) is 11.0. The zero-order chi connectivity index (χ0) is 21.6. The molecule has 0 atom stereocenters. The Morgan fingerprint density at radius 3 is 1.68 bits per heavy atom. The predicted octanol–water partition coefficient (Wildman–Crippen LogP) is 5.76. The Morgan fingerprint density at radius 2 is 1.23 bits per heavy atom. The number of rotatable bonds is 7. The molecule has 0 N–H and O–H groups in total. The molecule has 1 aliphatic rings. The molecule has 0 spiro atoms. The zero-order valence-corrected chi connectivity index (χ0v) is 18.9. The number of methoxy groups -OCH3 is 2. The lowest BCUT2D eigenvalue weighted by molar-refractivity contribution is -0.00904. The zero-order valence-electron chi connectivity index (χ0n) is 18.1. The second-order valence-electron chi connectivity index (χ2n) is 7.89. The van der Waals surface area contributed by atoms with Crippen LogP contribution in [-0.4, -0.2) is 37.1 Å². The van der Waals surface area contributed by atoms with Crippen molar-refractivity contribution < 1.29 is 9.47 Å². The van der Waals surface area contributed by atoms with Crippen molar-refractivity contribution in [1.29, 1.82) is 0 Å². The van der Waals surface area contributed by atoms with E-state index in [1.165, 1.54) is 11.1 Å². The summed E-state index contributed by atoms with van der Waals surface area (Å²) in [5.41, 5.74) is 3.69. The molecule has 0 saturated carbocycles. The molecular formula is C26H29ClN2O2. The first-order chi connectivity index (χ1) is 15.2. The average molecular weight is 437 g/mol. The Bertz CT molecular complexity index is 918. The smallest absolute Gasteiger partial charge is 0.118 e. The Balaban J connectivity index is 1.62. The highest BCUT2D eigenvalue weighted by Gasteiger charge is 2.32. The van der Waals surface area contributed by atoms with Crippen LogP contribution in [0.25, 0.3) is 0 Å². The van der Waals surface area contributed by atoms with Crippen molar-refractivity contribution in [1.82, 2.24) is 9.80 Å². The molecule has 1 aliphatic heterocycles. The molecule has 162 valence electrons. The van der Waals surface area contributed by atoms with Gasteiger partial charge in [-0.15, -0.1) is 0 Å². The highest BCUT2D eigenvalue weighted by Crippen LogP contribution is 2.35. The Morgan fingerprint density at radius 1 is 0.742 bits per heavy atom. The molecule has 0 unspecified atom stereocenters. The monoisotopic (exact) mass is 436 g/mol. The van der Waals surface area contributed by atoms with Crippen LogP contribution in [0.5, 0.6) is 11.5 Å². The fraction of sp³-hybridized carbons (Fsp3) is 0.308. The van der Waals surface area contributed by atoms with Crippen LogP contribution in [0.3, 0.4) is 0 Å². The molecule has 1 fully saturated rings. The van der Waals surface area contributed by atoms with E-state index in [0.717, 1.165) is 54.7 Å². The van der Waals surface area contributed by atoms with Crippen LogP contribution in [0.4, 0.5) is 0 Å². The van der Waals surface area contributed by atoms with E-state index in [1.807, 2.05) is 36.4 Å². The fourth-order valence-corrected chi connectivity index (χ4v) is 4.53. The minimum atomic E-state index is 0.117. The summed E-state index contributed by atoms with van der Waals surface area (Å²) in [5.74, 6) is 1.76. The highest BCUT2D eigenvalue weighted by atomic mass is 35.5. The average Bonchev–Trinajstić information content (AvgIpc) is 2.81. The first-order valence-electron chi connectivity index (χ1n) is 10.7. The van der Waals surface area contributed by atoms with Gasteiger partial charge in [0.05, 0.1) is 20.4 Å². The van der Waals surface area contributed by atoms with Gasteiger partial charge in [-0.2, -0.15) is 0 Å². The summed E-state index contributed by atoms with van der Waals surface area (Å²) in [6.45, 7) is 3.78. The van der Waals surface area contributed by atoms with Crippen molar-refractivity contribution in [2.45, 2.75) is 25.7 Å². The molecule has 0 aromatic heterocycles. The number of hydrogen-bond donors (Lipinski definition) is 0. The maximum atomic E-state index is 6.69. The second-order valence-corrected chi connectivity index (χ2v) is 8.29. The summed E-state index contributed by atoms with van der Waals surface area (Å²) in [4.78, 5) is 5.05. The molecule has 0 bridgehead atoms. The third kappa shape index (κ3) is 5.21. The van der Waals surface area contributed by atoms with Gasteiger partial charge in [-0.25, -0.2) is 0 Å². The molecule has 4 nitrogen and oxygen atoms in total. The van der Waals surface area contributed by atoms with E-state index < -0.39 is 0 Å². The molecule has 1 heterocycles. The number of halogens is 1. The molecule has 0 radical (unpaired) electrons. The molecule has 3 aromatic carbocycles. The van der Waals surface area contributed by atoms with Crippen molar-refractivity contribution in [3.63, 3.8) is 0 Å². The van der Waals surface area contributed by atoms with Gasteiger partial charge >= 0.3 is 0 Å². The SMILES string of the molecule is COc1ccc(CN2CCCN(Cc3ccc(OC)cc3)C2c2ccccc2Cl)cc1. The third-order valence-electron chi connectivity index (χ3n) is 5.86. The van der Waals surface area contributed by atoms with Crippen molar-refractivity contribution in [2.75, 3.05) is 27.3 Å². The Hall–Kier alpha value is -2.53. The maximum Gasteiger partial charge on any atom is 0.118 e. The van der Waals surface area contributed by atoms with Crippen LogP contribution in [0.1, 0.15) is 29.3 Å². The summed E-state index contributed by atoms with van der Waals surface area (Å²) >= 11 is 6.69. The van der Waals surface area contributed by atoms with Gasteiger partial charge in [0.15, 0.2) is 0 Å². The quantitative estimate of drug-likeness (QED) is 0.469. The fourth-order valence-electron chi connectivity index (χ4n) is 4.29. The van der Waals surface area contributed by atoms with Crippen molar-refractivity contribution in [3.8, 4) is 11.5 Å². The van der Waals surface area contributed by atoms with E-state index in [4.69, 9.17) is 21.1 Å². The molecular weight excluding hydrogens is 408 g/mol. The van der Waals surface area contributed by atoms with Crippen LogP contribution in [-0.2, 0) is 13.1 Å². The molecule has 0 amide bonds. The minimum Gasteiger partial charge on any atom is -0.497 e. The van der Waals surface area contributed by atoms with E-state index >= 15 is 0 Å². The second kappa shape index (κ2) is 10.2. The van der Waals surface area contributed by atoms with Gasteiger partial charge in [0.2, 0.25) is 0 Å². The van der Waals surface area contributed by atoms with Crippen molar-refractivity contribution in [3.05, 3.63) is 94.5 Å². The number of ether oxygens (including phenoxy) is 2. The van der Waals surface area contributed by atoms with Crippen LogP contribution < -0.4 is 9.47 Å². The number of hydrogen-bond acceptors (Lipinski definition) is 4. The van der Waals surface area contributed by atoms with E-state index in [2.05, 4.69) is 46.2 Å². The topological polar surface area (TPSA) is 24.9 Å². The summed E-state index contributed by atoms with van der Waals surface area (Å²) in [6, 6.07) is 24.9. The lowest BCUT2D eigenvalue weighted by atomic mass is 10.0. The third-order valence-corrected chi connectivity index (χ3v) is 6.20. The van der Waals surface area contributed by atoms with Gasteiger partial charge in [-0.05, 0) is 47.9 Å². The van der Waals surface area contributed by atoms with E-state index in [0.29, 0.717) is 0 Å². The van der Waals surface area contributed by atoms with Crippen molar-refractivity contribution >= 4 is 11.6 Å². The largest absolute Gasteiger partial charge is 0.497 e. The van der Waals surface area contributed by atoms with E-state index in [-0.39, 0.29) is 6.17 Å². The molecule has 31 heavy (non-hydrogen) atoms. The lowest BCUT2D eigenvalue weighted by Gasteiger charge is -2.44. The summed E-state index contributed by atoms with van der Waals surface area (Å²) in [6.07, 6.45) is 1.24. The van der Waals surface area contributed by atoms with Gasteiger partial charge in [0.1, 0.15) is 11.5 Å². The predicted molar refractivity (Wildman–Crippen MR) is 126 cm³/mol. The highest BCUT2D eigenvalue weighted by molar-refractivity contribution is 6.31. The van der Waals surface area contributed by atoms with E-state index in [1.54, 1.807) is 14.2 Å². The molecule has 1 saturated heterocycles. The first kappa shape index (κ1) is 21.7. The summed E-state index contributed by atoms with van der Waals surface area (Å²) < 4.78 is 10.6. The van der Waals surface area contributed by atoms with Crippen LogP contribution in [0.2, 0.25) is 5.02 Å². The maximum absolute atomic E-state index is 6.69. The van der Waals surface area contributed by atoms with Gasteiger partial charge in [0, 0.05) is 36.8 Å². The van der Waals surface area contributed by atoms with Gasteiger partial charge in [-0.3, -0.25) is 9.80 Å². The van der Waals surface area contributed by atoms with Gasteiger partial charge in [-0.1, -0.05) is 54.1 Å². The van der Waals surface area contributed by atoms with Crippen LogP contribution in [0, 0.1) is 0 Å². The molecule has 4 rings (SSSR count). The number of nitrogens with zero attached hydrogens (tertiary/aromatic N) is 2. The standard InChI is InChI=1S/C26H29ClN2O2/c1-30-22-12-8-20(9-13-22)18-28-16-5-17-29(19-21-10-14-23(31-2)15-11-21)26(28)24-6-3-4-7-25(24)27/h3-4,6-15,26H,5,16-19H2,1-2H3. The molecule has 0 aliphatic carbocycles. The summed E-state index contributed by atoms with van der Waals surface area (Å²) in [5, 5.41) is 0.814. The van der Waals surface area contributed by atoms with Crippen molar-refractivity contribution in [2.24, 2.45) is 0 Å². The van der Waals surface area contributed by atoms with Crippen LogP contribution >= 0.6 is 11.6 Å². The Kier molecular flexibility index (Phi) is 7.13. The normalized spacial score (nSPS) is 15.7. The van der Waals surface area contributed by atoms with Crippen LogP contribution in [0.15, 0.2) is 72.8 Å². The Labute approximate surface area is 190 Å². The minimum absolute atomic E-state index is 0.117. The summed E-state index contributed by atoms with van der Waals surface area (Å²) in [7, 11) is 3.40. The van der Waals surface area contributed by atoms with E-state index in [9.17, 15) is 0 Å². The molecule has 5 heteroatoms. The number of benzene rings is 3. The van der Waals surface area contributed by atoms with Gasteiger partial charge in [0.25, 0.3) is 0 Å². The van der Waals surface area contributed by atoms with Gasteiger partial charge < -0.3 is 9.47 Å². The lowest BCUT2D eigenvalue weighted by Crippen LogP contribution is -2.47.